The second-order valence-electron chi connectivity index (χ2n) is 7.38. The number of hydrogen-bond acceptors (Lipinski definition) is 3. The topological polar surface area (TPSA) is 73.4 Å². The Bertz CT molecular complexity index is 1070. The molecule has 0 fully saturated rings. The zero-order valence-corrected chi connectivity index (χ0v) is 16.1. The van der Waals surface area contributed by atoms with Gasteiger partial charge in [-0.05, 0) is 24.0 Å². The predicted octanol–water partition coefficient (Wildman–Crippen LogP) is 4.20. The number of pyridine rings is 1. The van der Waals surface area contributed by atoms with E-state index in [9.17, 15) is 14.7 Å². The third kappa shape index (κ3) is 3.76. The van der Waals surface area contributed by atoms with E-state index in [0.717, 1.165) is 11.6 Å². The molecule has 0 saturated carbocycles. The molecule has 0 aliphatic heterocycles. The lowest BCUT2D eigenvalue weighted by Crippen LogP contribution is -2.22. The highest BCUT2D eigenvalue weighted by Crippen LogP contribution is 2.32. The van der Waals surface area contributed by atoms with Crippen molar-refractivity contribution in [3.8, 4) is 0 Å². The fraction of sp³-hybridized carbons (Fsp3) is 0.273. The summed E-state index contributed by atoms with van der Waals surface area (Å²) in [5, 5.41) is 9.25. The molecule has 0 aliphatic carbocycles. The minimum atomic E-state index is -1.33. The van der Waals surface area contributed by atoms with Crippen LogP contribution in [0.15, 0.2) is 47.4 Å². The number of carboxylic acids is 1. The summed E-state index contributed by atoms with van der Waals surface area (Å²) in [4.78, 5) is 28.6. The van der Waals surface area contributed by atoms with Crippen LogP contribution in [0.5, 0.6) is 0 Å². The van der Waals surface area contributed by atoms with Crippen molar-refractivity contribution in [2.75, 3.05) is 11.9 Å². The van der Waals surface area contributed by atoms with Gasteiger partial charge in [0, 0.05) is 30.7 Å². The number of hydrogen-bond donors (Lipinski definition) is 2. The summed E-state index contributed by atoms with van der Waals surface area (Å²) < 4.78 is 15.2. The molecule has 0 radical (unpaired) electrons. The molecule has 0 spiro atoms. The number of aromatic nitrogens is 1. The van der Waals surface area contributed by atoms with Crippen LogP contribution in [0, 0.1) is 11.7 Å². The second-order valence-corrected chi connectivity index (χ2v) is 7.38. The molecule has 3 aromatic rings. The van der Waals surface area contributed by atoms with Crippen molar-refractivity contribution in [2.45, 2.75) is 26.8 Å². The van der Waals surface area contributed by atoms with E-state index in [1.165, 1.54) is 6.20 Å². The molecule has 1 aromatic heterocycles. The lowest BCUT2D eigenvalue weighted by Gasteiger charge is -2.25. The largest absolute Gasteiger partial charge is 0.477 e. The van der Waals surface area contributed by atoms with Gasteiger partial charge in [-0.1, -0.05) is 44.2 Å². The van der Waals surface area contributed by atoms with Crippen molar-refractivity contribution < 1.29 is 14.3 Å². The first-order valence-electron chi connectivity index (χ1n) is 9.14. The molecule has 0 atom stereocenters. The van der Waals surface area contributed by atoms with E-state index in [2.05, 4.69) is 4.98 Å². The van der Waals surface area contributed by atoms with E-state index in [1.54, 1.807) is 0 Å². The number of rotatable bonds is 6. The molecule has 5 nitrogen and oxygen atoms in total. The summed E-state index contributed by atoms with van der Waals surface area (Å²) in [5.74, 6) is -1.65. The monoisotopic (exact) mass is 382 g/mol. The van der Waals surface area contributed by atoms with Crippen LogP contribution in [0.25, 0.3) is 10.9 Å². The van der Waals surface area contributed by atoms with Gasteiger partial charge in [0.25, 0.3) is 0 Å². The Morgan fingerprint density at radius 2 is 1.93 bits per heavy atom. The van der Waals surface area contributed by atoms with Crippen molar-refractivity contribution in [3.63, 3.8) is 0 Å². The average Bonchev–Trinajstić information content (AvgIpc) is 2.62. The number of benzene rings is 2. The molecular weight excluding hydrogens is 359 g/mol. The molecule has 3 rings (SSSR count). The van der Waals surface area contributed by atoms with Gasteiger partial charge in [0.05, 0.1) is 11.2 Å². The van der Waals surface area contributed by atoms with E-state index >= 15 is 4.39 Å². The highest BCUT2D eigenvalue weighted by molar-refractivity contribution is 5.94. The number of nitrogens with zero attached hydrogens (tertiary/aromatic N) is 1. The normalized spacial score (nSPS) is 11.2. The van der Waals surface area contributed by atoms with E-state index in [0.29, 0.717) is 29.7 Å². The number of halogens is 1. The molecule has 2 aromatic carbocycles. The SMILES string of the molecule is CC(C)Cc1c(N(C)Cc2ccccc2)c(F)cc2c(=O)c(C(=O)O)c[nH]c12. The first-order valence-corrected chi connectivity index (χ1v) is 9.14. The first kappa shape index (κ1) is 19.6. The van der Waals surface area contributed by atoms with Crippen LogP contribution in [-0.2, 0) is 13.0 Å². The molecule has 6 heteroatoms. The summed E-state index contributed by atoms with van der Waals surface area (Å²) >= 11 is 0. The lowest BCUT2D eigenvalue weighted by molar-refractivity contribution is 0.0695. The van der Waals surface area contributed by atoms with E-state index in [1.807, 2.05) is 56.1 Å². The maximum atomic E-state index is 15.2. The maximum Gasteiger partial charge on any atom is 0.341 e. The standard InChI is InChI=1S/C22H23FN2O3/c1-13(2)9-15-19-16(21(26)17(11-24-19)22(27)28)10-18(23)20(15)25(3)12-14-7-5-4-6-8-14/h4-8,10-11,13H,9,12H2,1-3H3,(H,24,26)(H,27,28). The molecule has 0 aliphatic rings. The van der Waals surface area contributed by atoms with Crippen molar-refractivity contribution in [2.24, 2.45) is 5.92 Å². The number of aromatic carboxylic acids is 1. The number of anilines is 1. The maximum absolute atomic E-state index is 15.2. The minimum absolute atomic E-state index is 0.0601. The number of aromatic amines is 1. The van der Waals surface area contributed by atoms with Gasteiger partial charge in [-0.2, -0.15) is 0 Å². The Kier molecular flexibility index (Phi) is 5.49. The minimum Gasteiger partial charge on any atom is -0.477 e. The van der Waals surface area contributed by atoms with Crippen LogP contribution in [0.4, 0.5) is 10.1 Å². The number of carbonyl (C=O) groups is 1. The Morgan fingerprint density at radius 3 is 2.54 bits per heavy atom. The molecule has 1 heterocycles. The third-order valence-electron chi connectivity index (χ3n) is 4.69. The Labute approximate surface area is 162 Å². The van der Waals surface area contributed by atoms with Crippen molar-refractivity contribution in [3.05, 3.63) is 75.3 Å². The second kappa shape index (κ2) is 7.84. The van der Waals surface area contributed by atoms with E-state index in [-0.39, 0.29) is 11.3 Å². The van der Waals surface area contributed by atoms with Crippen LogP contribution in [0.3, 0.4) is 0 Å². The summed E-state index contributed by atoms with van der Waals surface area (Å²) in [6.07, 6.45) is 1.74. The fourth-order valence-electron chi connectivity index (χ4n) is 3.51. The molecule has 146 valence electrons. The molecule has 0 amide bonds. The van der Waals surface area contributed by atoms with Crippen molar-refractivity contribution >= 4 is 22.6 Å². The average molecular weight is 382 g/mol. The van der Waals surface area contributed by atoms with Gasteiger partial charge in [0.15, 0.2) is 0 Å². The Morgan fingerprint density at radius 1 is 1.25 bits per heavy atom. The molecule has 0 unspecified atom stereocenters. The van der Waals surface area contributed by atoms with Gasteiger partial charge in [0.1, 0.15) is 11.4 Å². The quantitative estimate of drug-likeness (QED) is 0.670. The predicted molar refractivity (Wildman–Crippen MR) is 109 cm³/mol. The molecule has 0 saturated heterocycles. The summed E-state index contributed by atoms with van der Waals surface area (Å²) in [5.41, 5.74) is 1.55. The van der Waals surface area contributed by atoms with Crippen LogP contribution >= 0.6 is 0 Å². The fourth-order valence-corrected chi connectivity index (χ4v) is 3.51. The highest BCUT2D eigenvalue weighted by atomic mass is 19.1. The molecule has 0 bridgehead atoms. The Hall–Kier alpha value is -3.15. The molecule has 28 heavy (non-hydrogen) atoms. The van der Waals surface area contributed by atoms with Gasteiger partial charge >= 0.3 is 5.97 Å². The van der Waals surface area contributed by atoms with Crippen LogP contribution in [-0.4, -0.2) is 23.1 Å². The van der Waals surface area contributed by atoms with Gasteiger partial charge in [-0.15, -0.1) is 0 Å². The van der Waals surface area contributed by atoms with Crippen molar-refractivity contribution in [1.29, 1.82) is 0 Å². The van der Waals surface area contributed by atoms with Crippen LogP contribution in [0.2, 0.25) is 0 Å². The number of carboxylic acid groups (broad SMARTS) is 1. The molecule has 2 N–H and O–H groups in total. The highest BCUT2D eigenvalue weighted by Gasteiger charge is 2.22. The Balaban J connectivity index is 2.21. The van der Waals surface area contributed by atoms with Crippen molar-refractivity contribution in [1.82, 2.24) is 4.98 Å². The summed E-state index contributed by atoms with van der Waals surface area (Å²) in [6.45, 7) is 4.54. The third-order valence-corrected chi connectivity index (χ3v) is 4.69. The van der Waals surface area contributed by atoms with Crippen LogP contribution in [0.1, 0.15) is 35.3 Å². The van der Waals surface area contributed by atoms with Gasteiger partial charge < -0.3 is 15.0 Å². The first-order chi connectivity index (χ1) is 13.3. The van der Waals surface area contributed by atoms with Crippen LogP contribution < -0.4 is 10.3 Å². The zero-order valence-electron chi connectivity index (χ0n) is 16.1. The van der Waals surface area contributed by atoms with Gasteiger partial charge in [-0.3, -0.25) is 4.79 Å². The number of H-pyrrole nitrogens is 1. The van der Waals surface area contributed by atoms with Gasteiger partial charge in [-0.25, -0.2) is 9.18 Å². The number of nitrogens with one attached hydrogen (secondary N) is 1. The smallest absolute Gasteiger partial charge is 0.341 e. The summed E-state index contributed by atoms with van der Waals surface area (Å²) in [7, 11) is 1.81. The van der Waals surface area contributed by atoms with E-state index in [4.69, 9.17) is 0 Å². The van der Waals surface area contributed by atoms with Gasteiger partial charge in [0.2, 0.25) is 5.43 Å². The molecular formula is C22H23FN2O3. The lowest BCUT2D eigenvalue weighted by atomic mass is 9.96. The number of fused-ring (bicyclic) bond motifs is 1. The zero-order chi connectivity index (χ0) is 20.4. The summed E-state index contributed by atoms with van der Waals surface area (Å²) in [6, 6.07) is 10.9. The van der Waals surface area contributed by atoms with E-state index < -0.39 is 22.8 Å².